The van der Waals surface area contributed by atoms with Crippen molar-refractivity contribution in [2.75, 3.05) is 11.6 Å². The second-order valence-corrected chi connectivity index (χ2v) is 3.34. The number of thioether (sulfide) groups is 1. The summed E-state index contributed by atoms with van der Waals surface area (Å²) < 4.78 is 0. The van der Waals surface area contributed by atoms with Crippen LogP contribution in [0, 0.1) is 0 Å². The Labute approximate surface area is 68.6 Å². The van der Waals surface area contributed by atoms with Crippen LogP contribution in [0.5, 0.6) is 0 Å². The van der Waals surface area contributed by atoms with Crippen LogP contribution in [0.1, 0.15) is 6.92 Å². The highest BCUT2D eigenvalue weighted by Crippen LogP contribution is 2.20. The van der Waals surface area contributed by atoms with Gasteiger partial charge >= 0.3 is 5.97 Å². The SMILES string of the molecule is CC(=O)N1CSC[C@@H]1C(=O)O. The van der Waals surface area contributed by atoms with E-state index in [-0.39, 0.29) is 5.91 Å². The molecule has 0 bridgehead atoms. The van der Waals surface area contributed by atoms with Gasteiger partial charge in [0.25, 0.3) is 0 Å². The Bertz CT molecular complexity index is 174. The first-order valence-electron chi connectivity index (χ1n) is 3.20. The fourth-order valence-electron chi connectivity index (χ4n) is 0.958. The highest BCUT2D eigenvalue weighted by molar-refractivity contribution is 7.99. The number of hydrogen-bond acceptors (Lipinski definition) is 3. The molecule has 1 fully saturated rings. The number of hydrogen-bond donors (Lipinski definition) is 1. The molecule has 11 heavy (non-hydrogen) atoms. The normalized spacial score (nSPS) is 23.7. The molecule has 62 valence electrons. The van der Waals surface area contributed by atoms with Crippen LogP contribution in [0.3, 0.4) is 0 Å². The number of aliphatic carboxylic acids is 1. The van der Waals surface area contributed by atoms with E-state index in [0.29, 0.717) is 11.6 Å². The largest absolute Gasteiger partial charge is 0.480 e. The van der Waals surface area contributed by atoms with E-state index in [4.69, 9.17) is 5.11 Å². The predicted molar refractivity (Wildman–Crippen MR) is 41.3 cm³/mol. The lowest BCUT2D eigenvalue weighted by atomic mass is 10.3. The van der Waals surface area contributed by atoms with E-state index in [1.807, 2.05) is 0 Å². The molecule has 1 amide bonds. The molecule has 1 saturated heterocycles. The van der Waals surface area contributed by atoms with Gasteiger partial charge in [-0.15, -0.1) is 11.8 Å². The lowest BCUT2D eigenvalue weighted by Crippen LogP contribution is -2.40. The van der Waals surface area contributed by atoms with E-state index < -0.39 is 12.0 Å². The molecule has 0 unspecified atom stereocenters. The summed E-state index contributed by atoms with van der Waals surface area (Å²) in [7, 11) is 0. The van der Waals surface area contributed by atoms with Crippen molar-refractivity contribution < 1.29 is 14.7 Å². The zero-order valence-electron chi connectivity index (χ0n) is 6.11. The fraction of sp³-hybridized carbons (Fsp3) is 0.667. The van der Waals surface area contributed by atoms with Crippen molar-refractivity contribution in [2.45, 2.75) is 13.0 Å². The number of rotatable bonds is 1. The minimum atomic E-state index is -0.912. The lowest BCUT2D eigenvalue weighted by molar-refractivity contribution is -0.146. The Morgan fingerprint density at radius 1 is 1.64 bits per heavy atom. The van der Waals surface area contributed by atoms with E-state index in [1.54, 1.807) is 0 Å². The summed E-state index contributed by atoms with van der Waals surface area (Å²) in [6.07, 6.45) is 0. The average molecular weight is 175 g/mol. The molecule has 0 radical (unpaired) electrons. The van der Waals surface area contributed by atoms with Crippen LogP contribution < -0.4 is 0 Å². The zero-order chi connectivity index (χ0) is 8.43. The average Bonchev–Trinajstić information content (AvgIpc) is 2.32. The molecule has 1 aliphatic rings. The van der Waals surface area contributed by atoms with Crippen LogP contribution in [0.2, 0.25) is 0 Å². The molecule has 4 nitrogen and oxygen atoms in total. The van der Waals surface area contributed by atoms with Crippen molar-refractivity contribution in [1.29, 1.82) is 0 Å². The molecule has 0 aromatic rings. The summed E-state index contributed by atoms with van der Waals surface area (Å²) in [5.41, 5.74) is 0. The molecular weight excluding hydrogens is 166 g/mol. The summed E-state index contributed by atoms with van der Waals surface area (Å²) in [6, 6.07) is -0.613. The Kier molecular flexibility index (Phi) is 2.38. The summed E-state index contributed by atoms with van der Waals surface area (Å²) in [6.45, 7) is 1.39. The number of nitrogens with zero attached hydrogens (tertiary/aromatic N) is 1. The number of carbonyl (C=O) groups excluding carboxylic acids is 1. The Morgan fingerprint density at radius 3 is 2.64 bits per heavy atom. The monoisotopic (exact) mass is 175 g/mol. The molecule has 0 saturated carbocycles. The minimum absolute atomic E-state index is 0.164. The van der Waals surface area contributed by atoms with Crippen molar-refractivity contribution in [3.8, 4) is 0 Å². The summed E-state index contributed by atoms with van der Waals surface area (Å²) >= 11 is 1.47. The molecule has 0 spiro atoms. The van der Waals surface area contributed by atoms with E-state index in [9.17, 15) is 9.59 Å². The second kappa shape index (κ2) is 3.13. The Morgan fingerprint density at radius 2 is 2.27 bits per heavy atom. The summed E-state index contributed by atoms with van der Waals surface area (Å²) in [5.74, 6) is -0.0612. The van der Waals surface area contributed by atoms with Crippen LogP contribution in [-0.4, -0.2) is 39.6 Å². The van der Waals surface area contributed by atoms with Gasteiger partial charge in [-0.05, 0) is 0 Å². The topological polar surface area (TPSA) is 57.6 Å². The molecule has 1 N–H and O–H groups in total. The van der Waals surface area contributed by atoms with Gasteiger partial charge in [0, 0.05) is 12.7 Å². The molecule has 1 rings (SSSR count). The quantitative estimate of drug-likeness (QED) is 0.609. The lowest BCUT2D eigenvalue weighted by Gasteiger charge is -2.17. The van der Waals surface area contributed by atoms with Gasteiger partial charge in [-0.1, -0.05) is 0 Å². The maximum absolute atomic E-state index is 10.8. The highest BCUT2D eigenvalue weighted by atomic mass is 32.2. The first kappa shape index (κ1) is 8.39. The summed E-state index contributed by atoms with van der Waals surface area (Å²) in [4.78, 5) is 22.7. The number of carbonyl (C=O) groups is 2. The maximum Gasteiger partial charge on any atom is 0.327 e. The van der Waals surface area contributed by atoms with Crippen LogP contribution in [0.4, 0.5) is 0 Å². The van der Waals surface area contributed by atoms with Gasteiger partial charge < -0.3 is 10.0 Å². The van der Waals surface area contributed by atoms with Gasteiger partial charge in [-0.25, -0.2) is 4.79 Å². The minimum Gasteiger partial charge on any atom is -0.480 e. The van der Waals surface area contributed by atoms with Gasteiger partial charge in [0.2, 0.25) is 5.91 Å². The van der Waals surface area contributed by atoms with Gasteiger partial charge in [0.05, 0.1) is 5.88 Å². The fourth-order valence-corrected chi connectivity index (χ4v) is 2.17. The predicted octanol–water partition coefficient (Wildman–Crippen LogP) is -0.00760. The van der Waals surface area contributed by atoms with Crippen molar-refractivity contribution in [2.24, 2.45) is 0 Å². The zero-order valence-corrected chi connectivity index (χ0v) is 6.93. The maximum atomic E-state index is 10.8. The molecule has 1 aliphatic heterocycles. The van der Waals surface area contributed by atoms with Gasteiger partial charge in [-0.2, -0.15) is 0 Å². The van der Waals surface area contributed by atoms with Gasteiger partial charge in [0.1, 0.15) is 6.04 Å². The number of amides is 1. The van der Waals surface area contributed by atoms with E-state index >= 15 is 0 Å². The number of carboxylic acids is 1. The van der Waals surface area contributed by atoms with Crippen LogP contribution in [-0.2, 0) is 9.59 Å². The van der Waals surface area contributed by atoms with E-state index in [0.717, 1.165) is 0 Å². The molecule has 5 heteroatoms. The van der Waals surface area contributed by atoms with E-state index in [1.165, 1.54) is 23.6 Å². The third-order valence-corrected chi connectivity index (χ3v) is 2.58. The van der Waals surface area contributed by atoms with Crippen LogP contribution >= 0.6 is 11.8 Å². The molecule has 0 aromatic heterocycles. The van der Waals surface area contributed by atoms with Gasteiger partial charge in [0.15, 0.2) is 0 Å². The van der Waals surface area contributed by atoms with Crippen molar-refractivity contribution in [3.05, 3.63) is 0 Å². The molecule has 0 aromatic carbocycles. The second-order valence-electron chi connectivity index (χ2n) is 2.34. The highest BCUT2D eigenvalue weighted by Gasteiger charge is 2.32. The standard InChI is InChI=1S/C6H9NO3S/c1-4(8)7-3-11-2-5(7)6(9)10/h5H,2-3H2,1H3,(H,9,10)/t5-/m1/s1. The Balaban J connectivity index is 2.65. The third kappa shape index (κ3) is 1.65. The molecule has 1 heterocycles. The van der Waals surface area contributed by atoms with E-state index in [2.05, 4.69) is 0 Å². The van der Waals surface area contributed by atoms with Crippen LogP contribution in [0.15, 0.2) is 0 Å². The first-order chi connectivity index (χ1) is 5.13. The molecule has 0 aliphatic carbocycles. The van der Waals surface area contributed by atoms with Gasteiger partial charge in [-0.3, -0.25) is 4.79 Å². The molecule has 1 atom stereocenters. The summed E-state index contributed by atoms with van der Waals surface area (Å²) in [5, 5.41) is 8.63. The number of carboxylic acid groups (broad SMARTS) is 1. The smallest absolute Gasteiger partial charge is 0.327 e. The van der Waals surface area contributed by atoms with Crippen molar-refractivity contribution in [1.82, 2.24) is 4.90 Å². The molecular formula is C6H9NO3S. The van der Waals surface area contributed by atoms with Crippen molar-refractivity contribution in [3.63, 3.8) is 0 Å². The van der Waals surface area contributed by atoms with Crippen LogP contribution in [0.25, 0.3) is 0 Å². The third-order valence-electron chi connectivity index (χ3n) is 1.57. The first-order valence-corrected chi connectivity index (χ1v) is 4.36. The Hall–Kier alpha value is -0.710. The van der Waals surface area contributed by atoms with Crippen molar-refractivity contribution >= 4 is 23.6 Å².